The first-order chi connectivity index (χ1) is 0. The largest absolute Gasteiger partial charge is 3.00 e. The minimum atomic E-state index is 0. The van der Waals surface area contributed by atoms with Gasteiger partial charge in [-0.1, -0.05) is 0 Å². The van der Waals surface area contributed by atoms with Gasteiger partial charge in [0.25, 0.3) is 0 Å². The van der Waals surface area contributed by atoms with Crippen LogP contribution in [0.2, 0.25) is 0 Å². The van der Waals surface area contributed by atoms with Gasteiger partial charge in [0.15, 0.2) is 0 Å². The summed E-state index contributed by atoms with van der Waals surface area (Å²) in [5, 5.41) is 0. The summed E-state index contributed by atoms with van der Waals surface area (Å²) in [4.78, 5) is 0. The fourth-order valence-corrected chi connectivity index (χ4v) is 0. The summed E-state index contributed by atoms with van der Waals surface area (Å²) in [7, 11) is 0. The number of halogens is 1. The Morgan fingerprint density at radius 1 is 0.375 bits per heavy atom. The molecule has 0 aromatic heterocycles. The van der Waals surface area contributed by atoms with Crippen molar-refractivity contribution in [3.63, 3.8) is 0 Å². The Labute approximate surface area is 63.3 Å². The standard InChI is InChI=1S/Al.ClH.6H2O/h;1H;6*1H2/q+3;;;;;;;/p-1. The van der Waals surface area contributed by atoms with Crippen LogP contribution in [-0.2, 0) is 0 Å². The predicted octanol–water partition coefficient (Wildman–Crippen LogP) is -8.32. The fraction of sp³-hybridized carbons (Fsp3) is 0. The summed E-state index contributed by atoms with van der Waals surface area (Å²) in [5.74, 6) is 0. The molecule has 0 aliphatic rings. The Kier molecular flexibility index (Phi) is 176000. The zero-order valence-electron chi connectivity index (χ0n) is 3.96. The van der Waals surface area contributed by atoms with Crippen molar-refractivity contribution in [2.75, 3.05) is 0 Å². The van der Waals surface area contributed by atoms with Crippen molar-refractivity contribution in [1.82, 2.24) is 0 Å². The van der Waals surface area contributed by atoms with E-state index in [1.807, 2.05) is 0 Å². The molecule has 0 heterocycles. The van der Waals surface area contributed by atoms with Crippen LogP contribution in [-0.4, -0.2) is 50.2 Å². The molecule has 0 rings (SSSR count). The van der Waals surface area contributed by atoms with Crippen LogP contribution in [0.3, 0.4) is 0 Å². The van der Waals surface area contributed by atoms with Crippen LogP contribution in [0, 0.1) is 0 Å². The van der Waals surface area contributed by atoms with Crippen LogP contribution in [0.4, 0.5) is 0 Å². The van der Waals surface area contributed by atoms with Crippen molar-refractivity contribution in [3.8, 4) is 0 Å². The minimum Gasteiger partial charge on any atom is -1.00 e. The normalized spacial score (nSPS) is 0. The van der Waals surface area contributed by atoms with Gasteiger partial charge in [-0.2, -0.15) is 0 Å². The van der Waals surface area contributed by atoms with Crippen LogP contribution in [0.25, 0.3) is 0 Å². The molecule has 0 aromatic carbocycles. The summed E-state index contributed by atoms with van der Waals surface area (Å²) in [6.07, 6.45) is 0. The fourth-order valence-electron chi connectivity index (χ4n) is 0. The molecule has 0 atom stereocenters. The van der Waals surface area contributed by atoms with Crippen LogP contribution in [0.1, 0.15) is 0 Å². The quantitative estimate of drug-likeness (QED) is 0.312. The molecule has 0 saturated carbocycles. The van der Waals surface area contributed by atoms with E-state index in [9.17, 15) is 0 Å². The van der Waals surface area contributed by atoms with E-state index in [0.29, 0.717) is 0 Å². The summed E-state index contributed by atoms with van der Waals surface area (Å²) in [6, 6.07) is 0. The molecule has 0 bridgehead atoms. The van der Waals surface area contributed by atoms with Crippen LogP contribution in [0.5, 0.6) is 0 Å². The number of hydrogen-bond acceptors (Lipinski definition) is 0. The third-order valence-electron chi connectivity index (χ3n) is 0. The van der Waals surface area contributed by atoms with Gasteiger partial charge in [0.05, 0.1) is 0 Å². The summed E-state index contributed by atoms with van der Waals surface area (Å²) in [5.41, 5.74) is 0. The first kappa shape index (κ1) is 1450. The number of hydrogen-bond donors (Lipinski definition) is 0. The van der Waals surface area contributed by atoms with Crippen molar-refractivity contribution in [3.05, 3.63) is 0 Å². The Balaban J connectivity index is 0. The average molecular weight is 171 g/mol. The van der Waals surface area contributed by atoms with E-state index in [4.69, 9.17) is 0 Å². The molecule has 0 fully saturated rings. The van der Waals surface area contributed by atoms with Crippen molar-refractivity contribution < 1.29 is 45.3 Å². The van der Waals surface area contributed by atoms with Crippen molar-refractivity contribution in [2.45, 2.75) is 0 Å². The Morgan fingerprint density at radius 2 is 0.375 bits per heavy atom. The molecule has 0 aliphatic heterocycles. The van der Waals surface area contributed by atoms with Gasteiger partial charge in [0, 0.05) is 0 Å². The first-order valence-corrected chi connectivity index (χ1v) is 0. The molecular formula is H12AlClO6+2. The van der Waals surface area contributed by atoms with Gasteiger partial charge in [0.2, 0.25) is 0 Å². The van der Waals surface area contributed by atoms with E-state index >= 15 is 0 Å². The van der Waals surface area contributed by atoms with Crippen molar-refractivity contribution >= 4 is 17.4 Å². The van der Waals surface area contributed by atoms with Gasteiger partial charge in [-0.05, 0) is 0 Å². The molecule has 0 spiro atoms. The van der Waals surface area contributed by atoms with Crippen LogP contribution in [0.15, 0.2) is 0 Å². The minimum absolute atomic E-state index is 0. The zero-order chi connectivity index (χ0) is 0. The molecule has 0 aromatic rings. The molecule has 0 aliphatic carbocycles. The molecule has 8 heavy (non-hydrogen) atoms. The van der Waals surface area contributed by atoms with Crippen LogP contribution >= 0.6 is 0 Å². The van der Waals surface area contributed by atoms with Gasteiger partial charge < -0.3 is 45.3 Å². The molecular weight excluding hydrogens is 158 g/mol. The summed E-state index contributed by atoms with van der Waals surface area (Å²) in [6.45, 7) is 0. The molecule has 56 valence electrons. The zero-order valence-corrected chi connectivity index (χ0v) is 5.87. The second-order valence-electron chi connectivity index (χ2n) is 0. The number of rotatable bonds is 0. The van der Waals surface area contributed by atoms with E-state index in [-0.39, 0.29) is 62.6 Å². The van der Waals surface area contributed by atoms with Gasteiger partial charge in [0.1, 0.15) is 0 Å². The Morgan fingerprint density at radius 3 is 0.375 bits per heavy atom. The Hall–Kier alpha value is 0.582. The maximum atomic E-state index is 0. The SMILES string of the molecule is O.O.O.O.O.O.[Al+3].[Cl-]. The van der Waals surface area contributed by atoms with Crippen molar-refractivity contribution in [2.24, 2.45) is 0 Å². The summed E-state index contributed by atoms with van der Waals surface area (Å²) >= 11 is 0. The molecule has 12 N–H and O–H groups in total. The third kappa shape index (κ3) is 605. The molecule has 0 unspecified atom stereocenters. The van der Waals surface area contributed by atoms with E-state index in [0.717, 1.165) is 0 Å². The Bertz CT molecular complexity index is 8.49. The molecule has 6 nitrogen and oxygen atoms in total. The summed E-state index contributed by atoms with van der Waals surface area (Å²) < 4.78 is 0. The molecule has 8 heteroatoms. The van der Waals surface area contributed by atoms with Crippen molar-refractivity contribution in [1.29, 1.82) is 0 Å². The maximum Gasteiger partial charge on any atom is 3.00 e. The second-order valence-corrected chi connectivity index (χ2v) is 0. The smallest absolute Gasteiger partial charge is 1.00 e. The second kappa shape index (κ2) is 968. The van der Waals surface area contributed by atoms with E-state index in [2.05, 4.69) is 0 Å². The predicted molar refractivity (Wildman–Crippen MR) is 27.4 cm³/mol. The van der Waals surface area contributed by atoms with Gasteiger partial charge in [-0.3, -0.25) is 0 Å². The van der Waals surface area contributed by atoms with Gasteiger partial charge in [-0.25, -0.2) is 0 Å². The van der Waals surface area contributed by atoms with E-state index in [1.54, 1.807) is 0 Å². The topological polar surface area (TPSA) is 189 Å². The monoisotopic (exact) mass is 170 g/mol. The average Bonchev–Trinajstić information content (AvgIpc) is 0. The van der Waals surface area contributed by atoms with Gasteiger partial charge >= 0.3 is 17.4 Å². The van der Waals surface area contributed by atoms with E-state index < -0.39 is 0 Å². The van der Waals surface area contributed by atoms with Crippen LogP contribution < -0.4 is 12.4 Å². The van der Waals surface area contributed by atoms with E-state index in [1.165, 1.54) is 0 Å². The molecule has 0 saturated heterocycles. The molecule has 0 radical (unpaired) electrons. The third-order valence-corrected chi connectivity index (χ3v) is 0. The maximum absolute atomic E-state index is 0. The first-order valence-electron chi connectivity index (χ1n) is 0. The van der Waals surface area contributed by atoms with Gasteiger partial charge in [-0.15, -0.1) is 0 Å². The molecule has 0 amide bonds.